The van der Waals surface area contributed by atoms with E-state index in [1.807, 2.05) is 46.4 Å². The summed E-state index contributed by atoms with van der Waals surface area (Å²) in [4.78, 5) is 31.4. The Hall–Kier alpha value is -8.69. The van der Waals surface area contributed by atoms with Gasteiger partial charge in [0.25, 0.3) is 6.33 Å². The Morgan fingerprint density at radius 3 is 1.46 bits per heavy atom. The van der Waals surface area contributed by atoms with E-state index in [4.69, 9.17) is 0 Å². The minimum Gasteiger partial charge on any atom is -0.508 e. The Bertz CT molecular complexity index is 3610. The van der Waals surface area contributed by atoms with E-state index in [1.165, 1.54) is 22.8 Å². The molecule has 3 amide bonds. The Kier molecular flexibility index (Phi) is 24.8. The number of rotatable bonds is 14. The van der Waals surface area contributed by atoms with Crippen molar-refractivity contribution in [3.05, 3.63) is 233 Å². The van der Waals surface area contributed by atoms with Crippen LogP contribution in [0.15, 0.2) is 164 Å². The molecular weight excluding hydrogens is 1150 g/mol. The normalized spacial score (nSPS) is 16.7. The highest BCUT2D eigenvalue weighted by Crippen LogP contribution is 2.39. The van der Waals surface area contributed by atoms with E-state index in [1.54, 1.807) is 118 Å². The van der Waals surface area contributed by atoms with Gasteiger partial charge in [-0.25, -0.2) is 40.5 Å². The number of aromatic nitrogens is 2. The van der Waals surface area contributed by atoms with Crippen LogP contribution in [0.4, 0.5) is 35.9 Å². The highest BCUT2D eigenvalue weighted by atomic mass is 19.1. The number of amides is 3. The Morgan fingerprint density at radius 2 is 1.01 bits per heavy atom. The number of benzene rings is 6. The topological polar surface area (TPSA) is 161 Å². The summed E-state index contributed by atoms with van der Waals surface area (Å²) in [6.07, 6.45) is 11.9. The molecule has 89 heavy (non-hydrogen) atoms. The number of nitrogens with one attached hydrogen (secondary N) is 4. The third kappa shape index (κ3) is 18.9. The molecule has 0 bridgehead atoms. The van der Waals surface area contributed by atoms with E-state index >= 15 is 0 Å². The summed E-state index contributed by atoms with van der Waals surface area (Å²) in [5, 5.41) is 42.1. The summed E-state index contributed by atoms with van der Waals surface area (Å²) in [6.45, 7) is 9.19. The first-order chi connectivity index (χ1) is 42.7. The van der Waals surface area contributed by atoms with Gasteiger partial charge in [-0.1, -0.05) is 68.5 Å². The molecule has 0 aliphatic carbocycles. The van der Waals surface area contributed by atoms with Crippen LogP contribution >= 0.6 is 0 Å². The Labute approximate surface area is 517 Å². The van der Waals surface area contributed by atoms with Crippen LogP contribution in [0.5, 0.6) is 17.2 Å². The Morgan fingerprint density at radius 1 is 0.584 bits per heavy atom. The van der Waals surface area contributed by atoms with Crippen LogP contribution in [0.3, 0.4) is 0 Å². The van der Waals surface area contributed by atoms with E-state index in [2.05, 4.69) is 35.1 Å². The number of phenols is 3. The van der Waals surface area contributed by atoms with Gasteiger partial charge in [0.15, 0.2) is 0 Å². The van der Waals surface area contributed by atoms with Gasteiger partial charge in [-0.3, -0.25) is 4.90 Å². The standard InChI is InChI=1S/C24H29F2N3O2.C22H19F2N3O2.C17H15F2NO.C6H16N2/c1-16(14-27-2)15-28(3)24(31)29-10-9-17(21-13-19(25)7-8-22(21)26)12-23(29)18-5-4-6-20(30)11-18;1-25-9-10-26(14-25)22(29)27-8-7-15(19-13-17(23)5-6-20(19)24)12-21(27)16-3-2-4-18(28)11-16;18-13-4-5-16(19)15(10-13)11-6-7-20-17(9-11)12-2-1-3-14(21)8-12;1-6(4-7-2)5-8-3/h4-8,11-13,16,23,27,30H,9-10,14-15H2,1-3H3;2-6,9-14,21H,7-8H2,1H3;1-5,8-10,17,20-21H,6-7H2;6-8H,4-5H2,1-3H3/p+1. The lowest BCUT2D eigenvalue weighted by molar-refractivity contribution is -0.670. The molecule has 7 N–H and O–H groups in total. The highest BCUT2D eigenvalue weighted by molar-refractivity contribution is 5.80. The highest BCUT2D eigenvalue weighted by Gasteiger charge is 2.34. The van der Waals surface area contributed by atoms with Gasteiger partial charge in [0, 0.05) is 49.9 Å². The van der Waals surface area contributed by atoms with E-state index in [0.717, 1.165) is 73.1 Å². The summed E-state index contributed by atoms with van der Waals surface area (Å²) in [5.41, 5.74) is 5.02. The molecule has 0 saturated heterocycles. The van der Waals surface area contributed by atoms with Gasteiger partial charge >= 0.3 is 12.1 Å². The molecule has 3 aliphatic heterocycles. The van der Waals surface area contributed by atoms with Gasteiger partial charge in [-0.15, -0.1) is 0 Å². The lowest BCUT2D eigenvalue weighted by Gasteiger charge is -2.38. The quantitative estimate of drug-likeness (QED) is 0.0415. The monoisotopic (exact) mass is 1230 g/mol. The molecule has 4 unspecified atom stereocenters. The van der Waals surface area contributed by atoms with Crippen LogP contribution in [0.25, 0.3) is 16.7 Å². The lowest BCUT2D eigenvalue weighted by atomic mass is 9.92. The maximum absolute atomic E-state index is 14.4. The molecule has 0 radical (unpaired) electrons. The molecule has 0 spiro atoms. The zero-order valence-corrected chi connectivity index (χ0v) is 51.2. The summed E-state index contributed by atoms with van der Waals surface area (Å²) in [6, 6.07) is 28.9. The predicted octanol–water partition coefficient (Wildman–Crippen LogP) is 12.1. The van der Waals surface area contributed by atoms with Crippen molar-refractivity contribution in [3.8, 4) is 17.2 Å². The first-order valence-electron chi connectivity index (χ1n) is 29.5. The molecule has 472 valence electrons. The molecule has 7 aromatic rings. The average Bonchev–Trinajstić information content (AvgIpc) is 1.49. The minimum absolute atomic E-state index is 0.0692. The molecule has 0 saturated carbocycles. The van der Waals surface area contributed by atoms with E-state index in [-0.39, 0.29) is 52.4 Å². The van der Waals surface area contributed by atoms with E-state index in [9.17, 15) is 51.3 Å². The van der Waals surface area contributed by atoms with Crippen LogP contribution in [0.1, 0.15) is 84.6 Å². The molecule has 20 heteroatoms. The van der Waals surface area contributed by atoms with Crippen molar-refractivity contribution < 1.29 is 55.8 Å². The smallest absolute Gasteiger partial charge is 0.416 e. The van der Waals surface area contributed by atoms with Gasteiger partial charge in [-0.2, -0.15) is 4.57 Å². The van der Waals surface area contributed by atoms with Gasteiger partial charge < -0.3 is 46.4 Å². The van der Waals surface area contributed by atoms with Crippen LogP contribution in [0, 0.1) is 46.7 Å². The van der Waals surface area contributed by atoms with Crippen LogP contribution < -0.4 is 25.8 Å². The van der Waals surface area contributed by atoms with Gasteiger partial charge in [0.05, 0.1) is 25.2 Å². The number of carbonyl (C=O) groups excluding carboxylic acids is 2. The third-order valence-corrected chi connectivity index (χ3v) is 15.3. The summed E-state index contributed by atoms with van der Waals surface area (Å²) in [7, 11) is 9.41. The predicted molar refractivity (Wildman–Crippen MR) is 335 cm³/mol. The molecule has 0 fully saturated rings. The second kappa shape index (κ2) is 32.5. The van der Waals surface area contributed by atoms with Crippen LogP contribution in [-0.2, 0) is 7.05 Å². The second-order valence-corrected chi connectivity index (χ2v) is 22.5. The van der Waals surface area contributed by atoms with Crippen LogP contribution in [-0.4, -0.2) is 121 Å². The fourth-order valence-corrected chi connectivity index (χ4v) is 11.1. The number of halogens is 6. The van der Waals surface area contributed by atoms with Crippen LogP contribution in [0.2, 0.25) is 0 Å². The van der Waals surface area contributed by atoms with Crippen molar-refractivity contribution >= 4 is 28.8 Å². The number of nitrogens with zero attached hydrogens (tertiary/aromatic N) is 5. The molecule has 6 aromatic carbocycles. The zero-order chi connectivity index (χ0) is 64.3. The largest absolute Gasteiger partial charge is 0.508 e. The van der Waals surface area contributed by atoms with Crippen molar-refractivity contribution in [1.82, 2.24) is 40.5 Å². The molecular formula is C69H80F6N9O5+. The number of urea groups is 1. The SMILES string of the molecule is CNCC(C)CN(C)C(=O)N1CCC(c2cc(F)ccc2F)=CC1c1cccc(O)c1.CNCC(C)CNC.C[n+]1ccn(C(=O)N2CCC(c3cc(F)ccc3F)=CC2c2cccc(O)c2)c1.Oc1cccc(C2C=C(c3cc(F)ccc3F)CCN2)c1. The van der Waals surface area contributed by atoms with Gasteiger partial charge in [0.1, 0.15) is 64.5 Å². The van der Waals surface area contributed by atoms with Gasteiger partial charge in [0.2, 0.25) is 0 Å². The fourth-order valence-electron chi connectivity index (χ4n) is 11.1. The van der Waals surface area contributed by atoms with E-state index in [0.29, 0.717) is 73.3 Å². The summed E-state index contributed by atoms with van der Waals surface area (Å²) in [5.74, 6) is -1.55. The number of hydrogen-bond donors (Lipinski definition) is 7. The number of phenolic OH excluding ortho intramolecular Hbond substituents is 3. The number of carbonyl (C=O) groups is 2. The Balaban J connectivity index is 0.000000181. The molecule has 1 aromatic heterocycles. The zero-order valence-electron chi connectivity index (χ0n) is 51.2. The van der Waals surface area contributed by atoms with Crippen molar-refractivity contribution in [2.75, 3.05) is 74.0 Å². The molecule has 10 rings (SSSR count). The molecule has 14 nitrogen and oxygen atoms in total. The molecule has 4 heterocycles. The summed E-state index contributed by atoms with van der Waals surface area (Å²) < 4.78 is 86.7. The molecule has 3 aliphatic rings. The maximum atomic E-state index is 14.4. The maximum Gasteiger partial charge on any atom is 0.416 e. The van der Waals surface area contributed by atoms with Gasteiger partial charge in [-0.05, 0) is 196 Å². The number of aryl methyl sites for hydroxylation is 1. The minimum atomic E-state index is -0.534. The molecule has 4 atom stereocenters. The first-order valence-corrected chi connectivity index (χ1v) is 29.5. The number of imidazole rings is 1. The van der Waals surface area contributed by atoms with Crippen molar-refractivity contribution in [1.29, 1.82) is 0 Å². The van der Waals surface area contributed by atoms with Crippen molar-refractivity contribution in [2.24, 2.45) is 18.9 Å². The fraction of sp³-hybridized carbons (Fsp3) is 0.319. The lowest BCUT2D eigenvalue weighted by Crippen LogP contribution is -2.46. The first kappa shape index (κ1) is 67.8. The summed E-state index contributed by atoms with van der Waals surface area (Å²) >= 11 is 0. The average molecular weight is 1230 g/mol. The number of hydrogen-bond acceptors (Lipinski definition) is 9. The second-order valence-electron chi connectivity index (χ2n) is 22.5. The van der Waals surface area contributed by atoms with Crippen molar-refractivity contribution in [3.63, 3.8) is 0 Å². The van der Waals surface area contributed by atoms with Crippen molar-refractivity contribution in [2.45, 2.75) is 51.2 Å². The third-order valence-electron chi connectivity index (χ3n) is 15.3. The number of aromatic hydroxyl groups is 3. The van der Waals surface area contributed by atoms with E-state index < -0.39 is 47.0 Å².